The van der Waals surface area contributed by atoms with Crippen LogP contribution in [0.25, 0.3) is 0 Å². The molecule has 1 aliphatic carbocycles. The predicted molar refractivity (Wildman–Crippen MR) is 74.3 cm³/mol. The van der Waals surface area contributed by atoms with E-state index in [1.165, 1.54) is 0 Å². The first-order valence-corrected chi connectivity index (χ1v) is 8.96. The van der Waals surface area contributed by atoms with E-state index in [0.717, 1.165) is 25.7 Å². The number of carbonyl (C=O) groups is 1. The number of nitrogens with two attached hydrogens (primary N) is 1. The molecule has 1 saturated heterocycles. The van der Waals surface area contributed by atoms with Crippen molar-refractivity contribution in [3.63, 3.8) is 0 Å². The molecule has 4 atom stereocenters. The SMILES string of the molecule is CC1CC(C(=O)NC2CCCS(=O)(=O)C2)CCC1N. The fourth-order valence-electron chi connectivity index (χ4n) is 3.11. The molecule has 19 heavy (non-hydrogen) atoms. The van der Waals surface area contributed by atoms with Crippen LogP contribution in [-0.2, 0) is 14.6 Å². The molecule has 0 radical (unpaired) electrons. The van der Waals surface area contributed by atoms with Gasteiger partial charge in [-0.3, -0.25) is 4.79 Å². The lowest BCUT2D eigenvalue weighted by Gasteiger charge is -2.32. The standard InChI is InChI=1S/C13H24N2O3S/c1-9-7-10(4-5-12(9)14)13(16)15-11-3-2-6-19(17,18)8-11/h9-12H,2-8,14H2,1H3,(H,15,16). The third-order valence-corrected chi connectivity index (χ3v) is 6.24. The van der Waals surface area contributed by atoms with Gasteiger partial charge in [0.1, 0.15) is 0 Å². The first-order chi connectivity index (χ1) is 8.87. The third kappa shape index (κ3) is 3.92. The zero-order valence-electron chi connectivity index (χ0n) is 11.5. The minimum absolute atomic E-state index is 0.000527. The van der Waals surface area contributed by atoms with Crippen LogP contribution in [0.4, 0.5) is 0 Å². The number of hydrogen-bond acceptors (Lipinski definition) is 4. The van der Waals surface area contributed by atoms with Gasteiger partial charge in [0.2, 0.25) is 5.91 Å². The van der Waals surface area contributed by atoms with Crippen LogP contribution in [0.5, 0.6) is 0 Å². The second kappa shape index (κ2) is 5.79. The predicted octanol–water partition coefficient (Wildman–Crippen LogP) is 0.443. The average molecular weight is 288 g/mol. The van der Waals surface area contributed by atoms with Gasteiger partial charge in [-0.05, 0) is 38.0 Å². The van der Waals surface area contributed by atoms with E-state index in [4.69, 9.17) is 5.73 Å². The highest BCUT2D eigenvalue weighted by molar-refractivity contribution is 7.91. The van der Waals surface area contributed by atoms with Gasteiger partial charge in [0.15, 0.2) is 9.84 Å². The fraction of sp³-hybridized carbons (Fsp3) is 0.923. The van der Waals surface area contributed by atoms with Gasteiger partial charge in [-0.25, -0.2) is 8.42 Å². The topological polar surface area (TPSA) is 89.3 Å². The van der Waals surface area contributed by atoms with Gasteiger partial charge >= 0.3 is 0 Å². The number of hydrogen-bond donors (Lipinski definition) is 2. The molecule has 4 unspecified atom stereocenters. The minimum atomic E-state index is -2.96. The Morgan fingerprint density at radius 2 is 2.00 bits per heavy atom. The summed E-state index contributed by atoms with van der Waals surface area (Å²) in [7, 11) is -2.96. The molecule has 5 nitrogen and oxygen atoms in total. The van der Waals surface area contributed by atoms with Crippen LogP contribution >= 0.6 is 0 Å². The molecule has 1 heterocycles. The number of nitrogens with one attached hydrogen (secondary N) is 1. The molecule has 3 N–H and O–H groups in total. The number of amides is 1. The van der Waals surface area contributed by atoms with Crippen molar-refractivity contribution in [3.8, 4) is 0 Å². The van der Waals surface area contributed by atoms with Gasteiger partial charge < -0.3 is 11.1 Å². The molecule has 110 valence electrons. The smallest absolute Gasteiger partial charge is 0.223 e. The summed E-state index contributed by atoms with van der Waals surface area (Å²) in [5, 5.41) is 2.92. The largest absolute Gasteiger partial charge is 0.352 e. The lowest BCUT2D eigenvalue weighted by molar-refractivity contribution is -0.127. The number of carbonyl (C=O) groups excluding carboxylic acids is 1. The lowest BCUT2D eigenvalue weighted by atomic mass is 9.79. The molecular formula is C13H24N2O3S. The Bertz CT molecular complexity index is 435. The molecule has 0 aromatic carbocycles. The normalized spacial score (nSPS) is 38.6. The Kier molecular flexibility index (Phi) is 4.50. The molecule has 1 amide bonds. The van der Waals surface area contributed by atoms with E-state index in [2.05, 4.69) is 12.2 Å². The van der Waals surface area contributed by atoms with E-state index < -0.39 is 9.84 Å². The summed E-state index contributed by atoms with van der Waals surface area (Å²) in [5.74, 6) is 0.731. The maximum absolute atomic E-state index is 12.2. The Morgan fingerprint density at radius 1 is 1.26 bits per heavy atom. The lowest BCUT2D eigenvalue weighted by Crippen LogP contribution is -2.47. The minimum Gasteiger partial charge on any atom is -0.352 e. The highest BCUT2D eigenvalue weighted by atomic mass is 32.2. The van der Waals surface area contributed by atoms with Crippen LogP contribution in [0.3, 0.4) is 0 Å². The second-order valence-corrected chi connectivity index (χ2v) is 8.34. The van der Waals surface area contributed by atoms with E-state index in [1.807, 2.05) is 0 Å². The van der Waals surface area contributed by atoms with E-state index >= 15 is 0 Å². The van der Waals surface area contributed by atoms with Crippen molar-refractivity contribution in [2.75, 3.05) is 11.5 Å². The van der Waals surface area contributed by atoms with Crippen molar-refractivity contribution in [2.24, 2.45) is 17.6 Å². The van der Waals surface area contributed by atoms with Crippen molar-refractivity contribution < 1.29 is 13.2 Å². The van der Waals surface area contributed by atoms with Gasteiger partial charge in [0.05, 0.1) is 11.5 Å². The monoisotopic (exact) mass is 288 g/mol. The first-order valence-electron chi connectivity index (χ1n) is 7.14. The molecular weight excluding hydrogens is 264 g/mol. The van der Waals surface area contributed by atoms with Crippen molar-refractivity contribution in [3.05, 3.63) is 0 Å². The maximum Gasteiger partial charge on any atom is 0.223 e. The van der Waals surface area contributed by atoms with Gasteiger partial charge in [0, 0.05) is 18.0 Å². The van der Waals surface area contributed by atoms with E-state index in [9.17, 15) is 13.2 Å². The van der Waals surface area contributed by atoms with Gasteiger partial charge in [-0.2, -0.15) is 0 Å². The van der Waals surface area contributed by atoms with E-state index in [0.29, 0.717) is 12.3 Å². The zero-order valence-corrected chi connectivity index (χ0v) is 12.3. The molecule has 2 rings (SSSR count). The molecule has 6 heteroatoms. The van der Waals surface area contributed by atoms with E-state index in [1.54, 1.807) is 0 Å². The maximum atomic E-state index is 12.2. The van der Waals surface area contributed by atoms with Crippen LogP contribution in [0, 0.1) is 11.8 Å². The molecule has 1 saturated carbocycles. The van der Waals surface area contributed by atoms with Crippen LogP contribution in [-0.4, -0.2) is 37.9 Å². The van der Waals surface area contributed by atoms with Crippen LogP contribution in [0.2, 0.25) is 0 Å². The van der Waals surface area contributed by atoms with Crippen molar-refractivity contribution >= 4 is 15.7 Å². The van der Waals surface area contributed by atoms with Crippen molar-refractivity contribution in [1.82, 2.24) is 5.32 Å². The summed E-state index contributed by atoms with van der Waals surface area (Å²) < 4.78 is 23.1. The third-order valence-electron chi connectivity index (χ3n) is 4.42. The molecule has 2 fully saturated rings. The molecule has 0 aromatic heterocycles. The summed E-state index contributed by atoms with van der Waals surface area (Å²) in [5.41, 5.74) is 5.95. The van der Waals surface area contributed by atoms with E-state index in [-0.39, 0.29) is 35.4 Å². The summed E-state index contributed by atoms with van der Waals surface area (Å²) in [6.45, 7) is 2.08. The Morgan fingerprint density at radius 3 is 2.63 bits per heavy atom. The Balaban J connectivity index is 1.87. The van der Waals surface area contributed by atoms with Crippen LogP contribution in [0.15, 0.2) is 0 Å². The highest BCUT2D eigenvalue weighted by Gasteiger charge is 2.32. The summed E-state index contributed by atoms with van der Waals surface area (Å²) in [6.07, 6.45) is 3.93. The highest BCUT2D eigenvalue weighted by Crippen LogP contribution is 2.28. The zero-order chi connectivity index (χ0) is 14.0. The molecule has 2 aliphatic rings. The number of sulfone groups is 1. The summed E-state index contributed by atoms with van der Waals surface area (Å²) in [4.78, 5) is 12.2. The van der Waals surface area contributed by atoms with Gasteiger partial charge in [0.25, 0.3) is 0 Å². The molecule has 1 aliphatic heterocycles. The van der Waals surface area contributed by atoms with Crippen LogP contribution < -0.4 is 11.1 Å². The average Bonchev–Trinajstić information content (AvgIpc) is 2.31. The van der Waals surface area contributed by atoms with Gasteiger partial charge in [-0.15, -0.1) is 0 Å². The number of rotatable bonds is 2. The molecule has 0 bridgehead atoms. The fourth-order valence-corrected chi connectivity index (χ4v) is 4.75. The second-order valence-electron chi connectivity index (χ2n) is 6.11. The Labute approximate surface area is 115 Å². The first kappa shape index (κ1) is 14.8. The Hall–Kier alpha value is -0.620. The summed E-state index contributed by atoms with van der Waals surface area (Å²) >= 11 is 0. The summed E-state index contributed by atoms with van der Waals surface area (Å²) in [6, 6.07) is -0.00346. The van der Waals surface area contributed by atoms with Crippen molar-refractivity contribution in [1.29, 1.82) is 0 Å². The van der Waals surface area contributed by atoms with Crippen molar-refractivity contribution in [2.45, 2.75) is 51.1 Å². The quantitative estimate of drug-likeness (QED) is 0.772. The van der Waals surface area contributed by atoms with Crippen LogP contribution in [0.1, 0.15) is 39.0 Å². The molecule has 0 aromatic rings. The van der Waals surface area contributed by atoms with Gasteiger partial charge in [-0.1, -0.05) is 6.92 Å². The molecule has 0 spiro atoms.